The van der Waals surface area contributed by atoms with E-state index in [9.17, 15) is 9.59 Å². The zero-order valence-corrected chi connectivity index (χ0v) is 19.9. The molecule has 1 fully saturated rings. The first-order valence-electron chi connectivity index (χ1n) is 11.3. The fraction of sp³-hybridized carbons (Fsp3) is 0.423. The number of Topliss-reactive ketones (excluding diaryl/α,β-unsaturated/α-hetero) is 1. The van der Waals surface area contributed by atoms with Crippen LogP contribution in [-0.4, -0.2) is 40.8 Å². The van der Waals surface area contributed by atoms with Crippen molar-refractivity contribution >= 4 is 28.9 Å². The fourth-order valence-electron chi connectivity index (χ4n) is 4.84. The summed E-state index contributed by atoms with van der Waals surface area (Å²) in [6.07, 6.45) is 7.28. The molecule has 3 aliphatic rings. The van der Waals surface area contributed by atoms with Gasteiger partial charge in [-0.25, -0.2) is 0 Å². The van der Waals surface area contributed by atoms with Crippen molar-refractivity contribution in [1.82, 2.24) is 10.2 Å². The monoisotopic (exact) mass is 450 g/mol. The van der Waals surface area contributed by atoms with Crippen molar-refractivity contribution in [3.05, 3.63) is 64.4 Å². The topological polar surface area (TPSA) is 58.6 Å². The number of nitrogens with one attached hydrogen (secondary N) is 1. The van der Waals surface area contributed by atoms with Crippen LogP contribution in [0.2, 0.25) is 0 Å². The van der Waals surface area contributed by atoms with Crippen molar-refractivity contribution < 1.29 is 14.3 Å². The Kier molecular flexibility index (Phi) is 6.33. The molecule has 1 aromatic rings. The maximum atomic E-state index is 13.2. The van der Waals surface area contributed by atoms with E-state index in [0.29, 0.717) is 18.0 Å². The van der Waals surface area contributed by atoms with Gasteiger partial charge in [-0.1, -0.05) is 57.3 Å². The number of allylic oxidation sites excluding steroid dienone is 4. The second-order valence-electron chi connectivity index (χ2n) is 8.97. The molecule has 6 heteroatoms. The lowest BCUT2D eigenvalue weighted by Crippen LogP contribution is -2.39. The Morgan fingerprint density at radius 3 is 2.78 bits per heavy atom. The van der Waals surface area contributed by atoms with Crippen molar-refractivity contribution in [2.24, 2.45) is 5.92 Å². The summed E-state index contributed by atoms with van der Waals surface area (Å²) in [6, 6.07) is 5.75. The van der Waals surface area contributed by atoms with Crippen LogP contribution in [-0.2, 0) is 9.59 Å². The fourth-order valence-corrected chi connectivity index (χ4v) is 5.00. The lowest BCUT2D eigenvalue weighted by molar-refractivity contribution is -0.131. The molecule has 2 aliphatic heterocycles. The van der Waals surface area contributed by atoms with E-state index in [-0.39, 0.29) is 29.6 Å². The number of carbonyl (C=O) groups excluding carboxylic acids is 2. The number of ether oxygens (including phenoxy) is 1. The second kappa shape index (κ2) is 9.02. The molecule has 4 rings (SSSR count). The minimum atomic E-state index is -0.361. The summed E-state index contributed by atoms with van der Waals surface area (Å²) in [4.78, 5) is 28.3. The molecule has 1 amide bonds. The van der Waals surface area contributed by atoms with Gasteiger partial charge in [0, 0.05) is 30.2 Å². The number of ketones is 1. The van der Waals surface area contributed by atoms with E-state index in [1.54, 1.807) is 4.90 Å². The minimum Gasteiger partial charge on any atom is -0.486 e. The highest BCUT2D eigenvalue weighted by Crippen LogP contribution is 2.48. The van der Waals surface area contributed by atoms with Crippen LogP contribution < -0.4 is 10.1 Å². The van der Waals surface area contributed by atoms with Crippen LogP contribution in [0.4, 0.5) is 0 Å². The van der Waals surface area contributed by atoms with Gasteiger partial charge in [-0.3, -0.25) is 9.59 Å². The molecular weight excluding hydrogens is 420 g/mol. The predicted molar refractivity (Wildman–Crippen MR) is 130 cm³/mol. The summed E-state index contributed by atoms with van der Waals surface area (Å²) in [7, 11) is 0. The van der Waals surface area contributed by atoms with Crippen molar-refractivity contribution in [3.63, 3.8) is 0 Å². The first-order chi connectivity index (χ1) is 15.3. The molecule has 0 bridgehead atoms. The largest absolute Gasteiger partial charge is 0.486 e. The minimum absolute atomic E-state index is 0.0429. The van der Waals surface area contributed by atoms with Crippen molar-refractivity contribution in [2.75, 3.05) is 13.2 Å². The molecular formula is C26H30N2O3S. The normalized spacial score (nSPS) is 21.8. The lowest BCUT2D eigenvalue weighted by atomic mass is 9.82. The molecule has 2 heterocycles. The van der Waals surface area contributed by atoms with Gasteiger partial charge >= 0.3 is 0 Å². The molecule has 32 heavy (non-hydrogen) atoms. The van der Waals surface area contributed by atoms with Crippen LogP contribution in [0.1, 0.15) is 50.7 Å². The van der Waals surface area contributed by atoms with E-state index in [1.165, 1.54) is 0 Å². The van der Waals surface area contributed by atoms with Crippen molar-refractivity contribution in [1.29, 1.82) is 0 Å². The number of rotatable bonds is 7. The average Bonchev–Trinajstić information content (AvgIpc) is 3.24. The van der Waals surface area contributed by atoms with Gasteiger partial charge in [0.05, 0.1) is 6.04 Å². The summed E-state index contributed by atoms with van der Waals surface area (Å²) in [6.45, 7) is 9.31. The van der Waals surface area contributed by atoms with Crippen molar-refractivity contribution in [3.8, 4) is 5.75 Å². The number of fused-ring (bicyclic) bond motifs is 2. The number of hydrogen-bond donors (Lipinski definition) is 1. The number of nitrogens with zero attached hydrogens (tertiary/aromatic N) is 1. The highest BCUT2D eigenvalue weighted by atomic mass is 32.1. The number of carbonyl (C=O) groups is 2. The number of benzene rings is 1. The third kappa shape index (κ3) is 3.92. The number of hydrogen-bond acceptors (Lipinski definition) is 4. The first kappa shape index (κ1) is 22.5. The zero-order valence-electron chi connectivity index (χ0n) is 19.1. The summed E-state index contributed by atoms with van der Waals surface area (Å²) in [5.74, 6) is 0.920. The Labute approximate surface area is 195 Å². The SMILES string of the molecule is CCCNC(=S)COc1ccc(C2C=CC=C3C(=O)N4C(=C32)CC(=O)C4C(C)C)cc1C. The smallest absolute Gasteiger partial charge is 0.259 e. The Bertz CT molecular complexity index is 1070. The molecule has 5 nitrogen and oxygen atoms in total. The third-order valence-electron chi connectivity index (χ3n) is 6.29. The van der Waals surface area contributed by atoms with Crippen LogP contribution in [0.15, 0.2) is 53.3 Å². The Balaban J connectivity index is 1.60. The van der Waals surface area contributed by atoms with Crippen molar-refractivity contribution in [2.45, 2.75) is 52.5 Å². The van der Waals surface area contributed by atoms with Crippen LogP contribution in [0.25, 0.3) is 0 Å². The molecule has 2 atom stereocenters. The van der Waals surface area contributed by atoms with Crippen LogP contribution in [0.5, 0.6) is 5.75 Å². The van der Waals surface area contributed by atoms with Gasteiger partial charge in [-0.15, -0.1) is 0 Å². The zero-order chi connectivity index (χ0) is 23.0. The second-order valence-corrected chi connectivity index (χ2v) is 9.47. The molecule has 0 aromatic heterocycles. The molecule has 2 unspecified atom stereocenters. The first-order valence-corrected chi connectivity index (χ1v) is 11.7. The predicted octanol–water partition coefficient (Wildman–Crippen LogP) is 4.37. The number of thiocarbonyl (C=S) groups is 1. The molecule has 1 saturated heterocycles. The van der Waals surface area contributed by atoms with Gasteiger partial charge in [-0.2, -0.15) is 0 Å². The highest BCUT2D eigenvalue weighted by molar-refractivity contribution is 7.80. The summed E-state index contributed by atoms with van der Waals surface area (Å²) >= 11 is 5.31. The Hall–Kier alpha value is -2.73. The van der Waals surface area contributed by atoms with E-state index >= 15 is 0 Å². The number of aryl methyl sites for hydroxylation is 1. The maximum Gasteiger partial charge on any atom is 0.259 e. The van der Waals surface area contributed by atoms with Gasteiger partial charge < -0.3 is 15.0 Å². The van der Waals surface area contributed by atoms with E-state index in [2.05, 4.69) is 24.4 Å². The quantitative estimate of drug-likeness (QED) is 0.625. The lowest BCUT2D eigenvalue weighted by Gasteiger charge is -2.23. The van der Waals surface area contributed by atoms with Gasteiger partial charge in [0.2, 0.25) is 0 Å². The molecule has 1 N–H and O–H groups in total. The molecule has 1 aliphatic carbocycles. The van der Waals surface area contributed by atoms with E-state index in [4.69, 9.17) is 17.0 Å². The van der Waals surface area contributed by atoms with Crippen LogP contribution in [0, 0.1) is 12.8 Å². The van der Waals surface area contributed by atoms with Crippen LogP contribution in [0.3, 0.4) is 0 Å². The summed E-state index contributed by atoms with van der Waals surface area (Å²) < 4.78 is 5.91. The van der Waals surface area contributed by atoms with E-state index in [0.717, 1.165) is 46.7 Å². The molecule has 0 spiro atoms. The van der Waals surface area contributed by atoms with Gasteiger partial charge in [0.15, 0.2) is 5.78 Å². The maximum absolute atomic E-state index is 13.2. The Morgan fingerprint density at radius 2 is 2.09 bits per heavy atom. The molecule has 0 radical (unpaired) electrons. The summed E-state index contributed by atoms with van der Waals surface area (Å²) in [5.41, 5.74) is 4.67. The van der Waals surface area contributed by atoms with E-state index in [1.807, 2.05) is 45.1 Å². The van der Waals surface area contributed by atoms with Gasteiger partial charge in [0.25, 0.3) is 5.91 Å². The standard InChI is InChI=1S/C26H30N2O3S/c1-5-11-27-23(32)14-31-22-10-9-17(12-16(22)4)18-7-6-8-19-24(18)20-13-21(29)25(15(2)3)28(20)26(19)30/h6-10,12,15,18,25H,5,11,13-14H2,1-4H3,(H,27,32). The average molecular weight is 451 g/mol. The van der Waals surface area contributed by atoms with Crippen LogP contribution >= 0.6 is 12.2 Å². The molecule has 1 aromatic carbocycles. The highest BCUT2D eigenvalue weighted by Gasteiger charge is 2.49. The molecule has 168 valence electrons. The third-order valence-corrected chi connectivity index (χ3v) is 6.55. The van der Waals surface area contributed by atoms with Gasteiger partial charge in [-0.05, 0) is 48.1 Å². The number of amides is 1. The van der Waals surface area contributed by atoms with E-state index < -0.39 is 0 Å². The Morgan fingerprint density at radius 1 is 1.31 bits per heavy atom. The van der Waals surface area contributed by atoms with Gasteiger partial charge in [0.1, 0.15) is 17.3 Å². The summed E-state index contributed by atoms with van der Waals surface area (Å²) in [5, 5.41) is 3.17. The molecule has 0 saturated carbocycles.